The van der Waals surface area contributed by atoms with Gasteiger partial charge >= 0.3 is 13.6 Å². The topological polar surface area (TPSA) is 153 Å². The molecule has 0 fully saturated rings. The van der Waals surface area contributed by atoms with Crippen molar-refractivity contribution in [2.75, 3.05) is 12.2 Å². The van der Waals surface area contributed by atoms with Crippen molar-refractivity contribution in [3.63, 3.8) is 0 Å². The van der Waals surface area contributed by atoms with Crippen LogP contribution in [0.4, 0.5) is 0 Å². The molecule has 11 heteroatoms. The lowest BCUT2D eigenvalue weighted by atomic mass is 10.4. The summed E-state index contributed by atoms with van der Waals surface area (Å²) in [6.45, 7) is 0. The maximum absolute atomic E-state index is 11.0. The minimum Gasteiger partial charge on any atom is -0.479 e. The van der Waals surface area contributed by atoms with Crippen molar-refractivity contribution in [3.8, 4) is 0 Å². The molecule has 0 aromatic rings. The lowest BCUT2D eigenvalue weighted by Crippen LogP contribution is -2.48. The smallest absolute Gasteiger partial charge is 0.341 e. The Balaban J connectivity index is 2.73. The first-order chi connectivity index (χ1) is 8.20. The molecule has 1 heterocycles. The number of thioether (sulfide) groups is 1. The molecule has 0 bridgehead atoms. The van der Waals surface area contributed by atoms with Gasteiger partial charge < -0.3 is 25.5 Å². The monoisotopic (exact) mass is 297 g/mol. The normalized spacial score (nSPS) is 17.4. The fourth-order valence-corrected chi connectivity index (χ4v) is 2.48. The Morgan fingerprint density at radius 2 is 2.22 bits per heavy atom. The van der Waals surface area contributed by atoms with Crippen molar-refractivity contribution in [1.29, 1.82) is 0 Å². The van der Waals surface area contributed by atoms with E-state index in [1.54, 1.807) is 0 Å². The Morgan fingerprint density at radius 1 is 1.61 bits per heavy atom. The lowest BCUT2D eigenvalue weighted by molar-refractivity contribution is -0.143. The van der Waals surface area contributed by atoms with Crippen LogP contribution in [0, 0.1) is 0 Å². The zero-order valence-electron chi connectivity index (χ0n) is 9.02. The molecule has 102 valence electrons. The number of carboxylic acids is 1. The van der Waals surface area contributed by atoms with Crippen molar-refractivity contribution in [3.05, 3.63) is 11.1 Å². The van der Waals surface area contributed by atoms with Crippen LogP contribution in [0.3, 0.4) is 0 Å². The third-order valence-corrected chi connectivity index (χ3v) is 3.59. The molecule has 1 aliphatic heterocycles. The third-order valence-electron chi connectivity index (χ3n) is 1.95. The van der Waals surface area contributed by atoms with Crippen LogP contribution in [0.5, 0.6) is 0 Å². The third kappa shape index (κ3) is 4.31. The zero-order valence-corrected chi connectivity index (χ0v) is 10.7. The molecule has 1 atom stereocenters. The molecule has 1 rings (SSSR count). The summed E-state index contributed by atoms with van der Waals surface area (Å²) in [6.07, 6.45) is -0.856. The number of primary amides is 1. The fourth-order valence-electron chi connectivity index (χ4n) is 1.20. The number of rotatable bonds is 6. The number of carbonyl (C=O) groups excluding carboxylic acids is 1. The van der Waals surface area contributed by atoms with Gasteiger partial charge in [0.05, 0.1) is 10.8 Å². The molecule has 1 amide bonds. The van der Waals surface area contributed by atoms with E-state index in [1.165, 1.54) is 11.1 Å². The first-order valence-corrected chi connectivity index (χ1v) is 7.40. The van der Waals surface area contributed by atoms with Crippen molar-refractivity contribution < 1.29 is 29.0 Å². The highest BCUT2D eigenvalue weighted by molar-refractivity contribution is 8.04. The molecule has 1 aliphatic rings. The van der Waals surface area contributed by atoms with Gasteiger partial charge in [0.25, 0.3) is 5.91 Å². The molecular formula is C7H12N3O6PS. The fraction of sp³-hybridized carbons (Fsp3) is 0.429. The molecule has 0 aromatic heterocycles. The summed E-state index contributed by atoms with van der Waals surface area (Å²) in [5.74, 6) is -1.84. The highest BCUT2D eigenvalue weighted by Gasteiger charge is 2.30. The van der Waals surface area contributed by atoms with Crippen LogP contribution in [-0.4, -0.2) is 50.0 Å². The van der Waals surface area contributed by atoms with Gasteiger partial charge in [-0.3, -0.25) is 14.7 Å². The van der Waals surface area contributed by atoms with Crippen molar-refractivity contribution in [2.24, 2.45) is 5.73 Å². The summed E-state index contributed by atoms with van der Waals surface area (Å²) in [5, 5.41) is 11.2. The van der Waals surface area contributed by atoms with E-state index in [-0.39, 0.29) is 10.8 Å². The van der Waals surface area contributed by atoms with Crippen LogP contribution in [0.1, 0.15) is 0 Å². The number of carboxylic acid groups (broad SMARTS) is 1. The van der Waals surface area contributed by atoms with Gasteiger partial charge in [0.15, 0.2) is 6.17 Å². The van der Waals surface area contributed by atoms with Crippen molar-refractivity contribution in [2.45, 2.75) is 6.17 Å². The quantitative estimate of drug-likeness (QED) is 0.367. The van der Waals surface area contributed by atoms with Gasteiger partial charge in [0, 0.05) is 6.20 Å². The summed E-state index contributed by atoms with van der Waals surface area (Å²) >= 11 is 1.05. The number of hydrogen-bond acceptors (Lipinski definition) is 6. The SMILES string of the molecule is NC(=O)C1=CN(C(NCP(=O)(O)O)C(=O)O)CS1. The predicted molar refractivity (Wildman–Crippen MR) is 63.0 cm³/mol. The van der Waals surface area contributed by atoms with E-state index in [1.807, 2.05) is 0 Å². The Kier molecular flexibility index (Phi) is 4.77. The molecule has 1 unspecified atom stereocenters. The Labute approximate surface area is 106 Å². The second-order valence-corrected chi connectivity index (χ2v) is 6.05. The summed E-state index contributed by atoms with van der Waals surface area (Å²) in [7, 11) is -4.35. The van der Waals surface area contributed by atoms with Crippen LogP contribution in [0.2, 0.25) is 0 Å². The average molecular weight is 297 g/mol. The average Bonchev–Trinajstić information content (AvgIpc) is 2.64. The van der Waals surface area contributed by atoms with Crippen LogP contribution in [0.25, 0.3) is 0 Å². The molecule has 6 N–H and O–H groups in total. The minimum absolute atomic E-state index is 0.156. The van der Waals surface area contributed by atoms with Gasteiger partial charge in [-0.2, -0.15) is 0 Å². The number of nitrogens with zero attached hydrogens (tertiary/aromatic N) is 1. The highest BCUT2D eigenvalue weighted by Crippen LogP contribution is 2.33. The predicted octanol–water partition coefficient (Wildman–Crippen LogP) is -1.55. The molecule has 0 saturated carbocycles. The van der Waals surface area contributed by atoms with Crippen LogP contribution >= 0.6 is 19.4 Å². The summed E-state index contributed by atoms with van der Waals surface area (Å²) in [5.41, 5.74) is 5.03. The molecular weight excluding hydrogens is 285 g/mol. The summed E-state index contributed by atoms with van der Waals surface area (Å²) < 4.78 is 10.7. The number of hydrogen-bond donors (Lipinski definition) is 5. The number of nitrogens with one attached hydrogen (secondary N) is 1. The number of aliphatic carboxylic acids is 1. The van der Waals surface area contributed by atoms with Crippen LogP contribution < -0.4 is 11.1 Å². The van der Waals surface area contributed by atoms with Crippen LogP contribution in [-0.2, 0) is 14.2 Å². The largest absolute Gasteiger partial charge is 0.479 e. The molecule has 0 aromatic carbocycles. The maximum Gasteiger partial charge on any atom is 0.341 e. The van der Waals surface area contributed by atoms with Crippen LogP contribution in [0.15, 0.2) is 11.1 Å². The van der Waals surface area contributed by atoms with E-state index in [4.69, 9.17) is 20.6 Å². The van der Waals surface area contributed by atoms with E-state index < -0.39 is 31.9 Å². The van der Waals surface area contributed by atoms with Gasteiger partial charge in [-0.1, -0.05) is 11.8 Å². The summed E-state index contributed by atoms with van der Waals surface area (Å²) in [4.78, 5) is 40.6. The number of carbonyl (C=O) groups is 2. The lowest BCUT2D eigenvalue weighted by Gasteiger charge is -2.24. The molecule has 9 nitrogen and oxygen atoms in total. The van der Waals surface area contributed by atoms with E-state index in [2.05, 4.69) is 5.32 Å². The van der Waals surface area contributed by atoms with E-state index in [0.717, 1.165) is 11.8 Å². The van der Waals surface area contributed by atoms with Crippen molar-refractivity contribution >= 4 is 31.2 Å². The number of amides is 1. The van der Waals surface area contributed by atoms with E-state index in [9.17, 15) is 14.2 Å². The van der Waals surface area contributed by atoms with Gasteiger partial charge in [-0.25, -0.2) is 4.79 Å². The van der Waals surface area contributed by atoms with E-state index >= 15 is 0 Å². The molecule has 0 aliphatic carbocycles. The molecule has 0 spiro atoms. The Bertz CT molecular complexity index is 435. The first-order valence-electron chi connectivity index (χ1n) is 4.61. The van der Waals surface area contributed by atoms with Gasteiger partial charge in [0.2, 0.25) is 0 Å². The molecule has 0 radical (unpaired) electrons. The number of nitrogens with two attached hydrogens (primary N) is 1. The summed E-state index contributed by atoms with van der Waals surface area (Å²) in [6, 6.07) is 0. The molecule has 0 saturated heterocycles. The first kappa shape index (κ1) is 15.0. The molecule has 18 heavy (non-hydrogen) atoms. The Hall–Kier alpha value is -1.06. The minimum atomic E-state index is -4.35. The highest BCUT2D eigenvalue weighted by atomic mass is 32.2. The second kappa shape index (κ2) is 5.72. The standard InChI is InChI=1S/C7H12N3O6PS/c8-5(11)4-1-10(3-18-4)6(7(12)13)9-2-17(14,15)16/h1,6,9H,2-3H2,(H2,8,11)(H,12,13)(H2,14,15,16). The van der Waals surface area contributed by atoms with Gasteiger partial charge in [-0.15, -0.1) is 0 Å². The zero-order chi connectivity index (χ0) is 13.9. The van der Waals surface area contributed by atoms with Gasteiger partial charge in [0.1, 0.15) is 6.29 Å². The maximum atomic E-state index is 11.0. The van der Waals surface area contributed by atoms with E-state index in [0.29, 0.717) is 0 Å². The van der Waals surface area contributed by atoms with Crippen molar-refractivity contribution in [1.82, 2.24) is 10.2 Å². The second-order valence-electron chi connectivity index (χ2n) is 3.41. The Morgan fingerprint density at radius 3 is 2.61 bits per heavy atom. The van der Waals surface area contributed by atoms with Gasteiger partial charge in [-0.05, 0) is 0 Å².